The van der Waals surface area contributed by atoms with Crippen LogP contribution in [0.3, 0.4) is 0 Å². The Kier molecular flexibility index (Phi) is 9.39. The lowest BCUT2D eigenvalue weighted by molar-refractivity contribution is -0.138. The minimum absolute atomic E-state index is 0. The molecule has 0 aromatic heterocycles. The van der Waals surface area contributed by atoms with Crippen molar-refractivity contribution in [3.63, 3.8) is 0 Å². The summed E-state index contributed by atoms with van der Waals surface area (Å²) < 4.78 is 5.53. The monoisotopic (exact) mass is 307 g/mol. The number of carboxylic acids is 1. The zero-order valence-electron chi connectivity index (χ0n) is 10.8. The van der Waals surface area contributed by atoms with Gasteiger partial charge in [0.25, 0.3) is 0 Å². The van der Waals surface area contributed by atoms with E-state index in [-0.39, 0.29) is 19.0 Å². The van der Waals surface area contributed by atoms with E-state index in [1.165, 1.54) is 0 Å². The van der Waals surface area contributed by atoms with Crippen LogP contribution in [0, 0.1) is 0 Å². The third kappa shape index (κ3) is 7.25. The summed E-state index contributed by atoms with van der Waals surface area (Å²) in [6, 6.07) is 7.24. The average molecular weight is 308 g/mol. The number of benzene rings is 1. The van der Waals surface area contributed by atoms with Gasteiger partial charge in [-0.15, -0.1) is 12.4 Å². The molecule has 0 saturated carbocycles. The van der Waals surface area contributed by atoms with Crippen molar-refractivity contribution in [2.24, 2.45) is 0 Å². The van der Waals surface area contributed by atoms with E-state index in [9.17, 15) is 4.79 Å². The fraction of sp³-hybridized carbons (Fsp3) is 0.462. The smallest absolute Gasteiger partial charge is 0.317 e. The summed E-state index contributed by atoms with van der Waals surface area (Å²) in [5.74, 6) is -0.188. The van der Waals surface area contributed by atoms with Crippen molar-refractivity contribution in [1.29, 1.82) is 0 Å². The average Bonchev–Trinajstić information content (AvgIpc) is 2.31. The van der Waals surface area contributed by atoms with Crippen molar-refractivity contribution in [1.82, 2.24) is 4.90 Å². The maximum absolute atomic E-state index is 10.7. The molecule has 0 unspecified atom stereocenters. The highest BCUT2D eigenvalue weighted by Crippen LogP contribution is 2.22. The van der Waals surface area contributed by atoms with Crippen molar-refractivity contribution in [2.75, 3.05) is 26.2 Å². The van der Waals surface area contributed by atoms with E-state index >= 15 is 0 Å². The summed E-state index contributed by atoms with van der Waals surface area (Å²) in [5, 5.41) is 9.33. The molecular weight excluding hydrogens is 289 g/mol. The lowest BCUT2D eigenvalue weighted by Gasteiger charge is -2.19. The Labute approximate surface area is 124 Å². The van der Waals surface area contributed by atoms with Crippen LogP contribution in [-0.2, 0) is 4.79 Å². The number of nitrogens with zero attached hydrogens (tertiary/aromatic N) is 1. The van der Waals surface area contributed by atoms with Gasteiger partial charge >= 0.3 is 5.97 Å². The molecule has 19 heavy (non-hydrogen) atoms. The molecule has 0 fully saturated rings. The van der Waals surface area contributed by atoms with Gasteiger partial charge in [0.15, 0.2) is 0 Å². The highest BCUT2D eigenvalue weighted by Gasteiger charge is 2.09. The Morgan fingerprint density at radius 3 is 2.63 bits per heavy atom. The summed E-state index contributed by atoms with van der Waals surface area (Å²) in [5.41, 5.74) is 0. The molecule has 0 heterocycles. The molecule has 4 nitrogen and oxygen atoms in total. The van der Waals surface area contributed by atoms with Gasteiger partial charge in [0.2, 0.25) is 0 Å². The molecule has 0 aliphatic heterocycles. The predicted molar refractivity (Wildman–Crippen MR) is 78.6 cm³/mol. The van der Waals surface area contributed by atoms with Crippen LogP contribution in [0.5, 0.6) is 5.75 Å². The molecule has 0 spiro atoms. The SMILES string of the molecule is CCCN(CCOc1ccccc1Cl)CC(=O)O.Cl. The molecule has 0 aliphatic rings. The number of carboxylic acid groups (broad SMARTS) is 1. The third-order valence-corrected chi connectivity index (χ3v) is 2.71. The van der Waals surface area contributed by atoms with E-state index in [4.69, 9.17) is 21.4 Å². The van der Waals surface area contributed by atoms with Gasteiger partial charge in [-0.05, 0) is 25.1 Å². The van der Waals surface area contributed by atoms with E-state index in [1.54, 1.807) is 12.1 Å². The lowest BCUT2D eigenvalue weighted by Crippen LogP contribution is -2.34. The van der Waals surface area contributed by atoms with Crippen LogP contribution in [0.1, 0.15) is 13.3 Å². The van der Waals surface area contributed by atoms with E-state index < -0.39 is 5.97 Å². The second kappa shape index (κ2) is 9.89. The number of para-hydroxylation sites is 1. The first-order valence-electron chi connectivity index (χ1n) is 5.95. The summed E-state index contributed by atoms with van der Waals surface area (Å²) >= 11 is 5.95. The molecule has 1 rings (SSSR count). The summed E-state index contributed by atoms with van der Waals surface area (Å²) in [6.07, 6.45) is 0.916. The van der Waals surface area contributed by atoms with Crippen LogP contribution in [0.2, 0.25) is 5.02 Å². The van der Waals surface area contributed by atoms with Gasteiger partial charge in [0, 0.05) is 6.54 Å². The number of rotatable bonds is 8. The molecule has 6 heteroatoms. The van der Waals surface area contributed by atoms with E-state index in [1.807, 2.05) is 24.0 Å². The van der Waals surface area contributed by atoms with E-state index in [0.29, 0.717) is 23.9 Å². The Hall–Kier alpha value is -0.970. The molecule has 0 radical (unpaired) electrons. The van der Waals surface area contributed by atoms with Crippen molar-refractivity contribution in [2.45, 2.75) is 13.3 Å². The van der Waals surface area contributed by atoms with E-state index in [2.05, 4.69) is 0 Å². The molecule has 0 amide bonds. The van der Waals surface area contributed by atoms with Gasteiger partial charge < -0.3 is 9.84 Å². The number of carbonyl (C=O) groups is 1. The highest BCUT2D eigenvalue weighted by molar-refractivity contribution is 6.32. The first kappa shape index (κ1) is 18.0. The molecule has 0 aliphatic carbocycles. The van der Waals surface area contributed by atoms with Crippen LogP contribution in [0.4, 0.5) is 0 Å². The summed E-state index contributed by atoms with van der Waals surface area (Å²) in [7, 11) is 0. The molecule has 0 bridgehead atoms. The lowest BCUT2D eigenvalue weighted by atomic mass is 10.3. The first-order chi connectivity index (χ1) is 8.63. The minimum Gasteiger partial charge on any atom is -0.491 e. The highest BCUT2D eigenvalue weighted by atomic mass is 35.5. The topological polar surface area (TPSA) is 49.8 Å². The Morgan fingerprint density at radius 2 is 2.05 bits per heavy atom. The standard InChI is InChI=1S/C13H18ClNO3.ClH/c1-2-7-15(10-13(16)17)8-9-18-12-6-4-3-5-11(12)14;/h3-6H,2,7-10H2,1H3,(H,16,17);1H. The first-order valence-corrected chi connectivity index (χ1v) is 6.32. The molecule has 1 N–H and O–H groups in total. The maximum Gasteiger partial charge on any atom is 0.317 e. The van der Waals surface area contributed by atoms with Gasteiger partial charge in [-0.2, -0.15) is 0 Å². The van der Waals surface area contributed by atoms with Crippen molar-refractivity contribution < 1.29 is 14.6 Å². The van der Waals surface area contributed by atoms with Crippen LogP contribution >= 0.6 is 24.0 Å². The molecular formula is C13H19Cl2NO3. The molecule has 1 aromatic carbocycles. The molecule has 0 atom stereocenters. The fourth-order valence-electron chi connectivity index (χ4n) is 1.62. The Balaban J connectivity index is 0.00000324. The predicted octanol–water partition coefficient (Wildman–Crippen LogP) is 2.94. The largest absolute Gasteiger partial charge is 0.491 e. The molecule has 0 saturated heterocycles. The normalized spacial score (nSPS) is 10.1. The van der Waals surface area contributed by atoms with E-state index in [0.717, 1.165) is 13.0 Å². The van der Waals surface area contributed by atoms with Crippen LogP contribution < -0.4 is 4.74 Å². The van der Waals surface area contributed by atoms with Crippen molar-refractivity contribution in [3.8, 4) is 5.75 Å². The molecule has 1 aromatic rings. The second-order valence-corrected chi connectivity index (χ2v) is 4.36. The van der Waals surface area contributed by atoms with Gasteiger partial charge in [0.1, 0.15) is 12.4 Å². The fourth-order valence-corrected chi connectivity index (χ4v) is 1.81. The zero-order valence-corrected chi connectivity index (χ0v) is 12.4. The molecule has 108 valence electrons. The van der Waals surface area contributed by atoms with Crippen molar-refractivity contribution >= 4 is 30.0 Å². The number of ether oxygens (including phenoxy) is 1. The number of halogens is 2. The Bertz CT molecular complexity index is 388. The quantitative estimate of drug-likeness (QED) is 0.802. The van der Waals surface area contributed by atoms with Gasteiger partial charge in [0.05, 0.1) is 11.6 Å². The summed E-state index contributed by atoms with van der Waals surface area (Å²) in [4.78, 5) is 12.5. The van der Waals surface area contributed by atoms with Crippen LogP contribution in [0.25, 0.3) is 0 Å². The van der Waals surface area contributed by atoms with Crippen LogP contribution in [0.15, 0.2) is 24.3 Å². The van der Waals surface area contributed by atoms with Gasteiger partial charge in [-0.3, -0.25) is 9.69 Å². The minimum atomic E-state index is -0.818. The summed E-state index contributed by atoms with van der Waals surface area (Å²) in [6.45, 7) is 3.81. The third-order valence-electron chi connectivity index (χ3n) is 2.40. The van der Waals surface area contributed by atoms with Crippen LogP contribution in [-0.4, -0.2) is 42.2 Å². The number of hydrogen-bond donors (Lipinski definition) is 1. The second-order valence-electron chi connectivity index (χ2n) is 3.95. The maximum atomic E-state index is 10.7. The Morgan fingerprint density at radius 1 is 1.37 bits per heavy atom. The van der Waals surface area contributed by atoms with Gasteiger partial charge in [-0.1, -0.05) is 30.7 Å². The van der Waals surface area contributed by atoms with Crippen molar-refractivity contribution in [3.05, 3.63) is 29.3 Å². The zero-order chi connectivity index (χ0) is 13.4. The van der Waals surface area contributed by atoms with Gasteiger partial charge in [-0.25, -0.2) is 0 Å². The number of aliphatic carboxylic acids is 1. The number of hydrogen-bond acceptors (Lipinski definition) is 3.